The molecule has 0 spiro atoms. The number of nitrogens with two attached hydrogens (primary N) is 1. The predicted molar refractivity (Wildman–Crippen MR) is 88.8 cm³/mol. The molecule has 20 heavy (non-hydrogen) atoms. The third-order valence-electron chi connectivity index (χ3n) is 4.41. The van der Waals surface area contributed by atoms with E-state index in [-0.39, 0.29) is 0 Å². The van der Waals surface area contributed by atoms with E-state index in [9.17, 15) is 0 Å². The van der Waals surface area contributed by atoms with E-state index in [1.54, 1.807) is 0 Å². The first kappa shape index (κ1) is 16.0. The van der Waals surface area contributed by atoms with Crippen molar-refractivity contribution >= 4 is 15.9 Å². The second kappa shape index (κ2) is 7.55. The molecular formula is C16H26BrN3. The van der Waals surface area contributed by atoms with Gasteiger partial charge in [-0.3, -0.25) is 9.80 Å². The van der Waals surface area contributed by atoms with Crippen molar-refractivity contribution in [3.8, 4) is 0 Å². The minimum absolute atomic E-state index is 0.334. The standard InChI is InChI=1S/C16H26BrN3/c1-3-15-12-20(9-8-19(15)4-2)16(11-18)13-6-5-7-14(17)10-13/h5-7,10,15-16H,3-4,8-9,11-12,18H2,1-2H3. The van der Waals surface area contributed by atoms with Crippen LogP contribution in [0.3, 0.4) is 0 Å². The Morgan fingerprint density at radius 3 is 2.75 bits per heavy atom. The van der Waals surface area contributed by atoms with Crippen LogP contribution in [0.25, 0.3) is 0 Å². The van der Waals surface area contributed by atoms with E-state index < -0.39 is 0 Å². The van der Waals surface area contributed by atoms with Crippen molar-refractivity contribution in [3.05, 3.63) is 34.3 Å². The van der Waals surface area contributed by atoms with Gasteiger partial charge < -0.3 is 5.73 Å². The fourth-order valence-electron chi connectivity index (χ4n) is 3.21. The summed E-state index contributed by atoms with van der Waals surface area (Å²) in [5.41, 5.74) is 7.39. The van der Waals surface area contributed by atoms with Crippen molar-refractivity contribution < 1.29 is 0 Å². The molecule has 1 heterocycles. The average Bonchev–Trinajstić information content (AvgIpc) is 2.48. The van der Waals surface area contributed by atoms with Crippen LogP contribution in [0.1, 0.15) is 31.9 Å². The van der Waals surface area contributed by atoms with E-state index in [0.717, 1.165) is 30.7 Å². The molecule has 2 rings (SSSR count). The zero-order valence-electron chi connectivity index (χ0n) is 12.6. The second-order valence-corrected chi connectivity index (χ2v) is 6.41. The Morgan fingerprint density at radius 1 is 1.35 bits per heavy atom. The summed E-state index contributed by atoms with van der Waals surface area (Å²) in [6, 6.07) is 9.55. The van der Waals surface area contributed by atoms with Crippen molar-refractivity contribution in [2.75, 3.05) is 32.7 Å². The van der Waals surface area contributed by atoms with E-state index in [0.29, 0.717) is 18.6 Å². The molecule has 2 unspecified atom stereocenters. The minimum Gasteiger partial charge on any atom is -0.329 e. The van der Waals surface area contributed by atoms with E-state index in [1.165, 1.54) is 12.0 Å². The molecule has 1 aliphatic heterocycles. The Hall–Kier alpha value is -0.420. The number of piperazine rings is 1. The number of likely N-dealkylation sites (N-methyl/N-ethyl adjacent to an activating group) is 1. The molecule has 1 aromatic carbocycles. The second-order valence-electron chi connectivity index (χ2n) is 5.49. The van der Waals surface area contributed by atoms with Gasteiger partial charge >= 0.3 is 0 Å². The molecule has 1 saturated heterocycles. The van der Waals surface area contributed by atoms with E-state index in [1.807, 2.05) is 0 Å². The van der Waals surface area contributed by atoms with Crippen LogP contribution in [0.4, 0.5) is 0 Å². The van der Waals surface area contributed by atoms with Crippen LogP contribution < -0.4 is 5.73 Å². The summed E-state index contributed by atoms with van der Waals surface area (Å²) >= 11 is 3.56. The summed E-state index contributed by atoms with van der Waals surface area (Å²) in [5, 5.41) is 0. The van der Waals surface area contributed by atoms with Crippen molar-refractivity contribution in [2.45, 2.75) is 32.4 Å². The molecule has 1 fully saturated rings. The zero-order chi connectivity index (χ0) is 14.5. The van der Waals surface area contributed by atoms with Gasteiger partial charge in [0, 0.05) is 42.7 Å². The fraction of sp³-hybridized carbons (Fsp3) is 0.625. The van der Waals surface area contributed by atoms with Crippen LogP contribution in [0.2, 0.25) is 0 Å². The first-order chi connectivity index (χ1) is 9.69. The maximum atomic E-state index is 6.07. The summed E-state index contributed by atoms with van der Waals surface area (Å²) in [6.07, 6.45) is 1.21. The van der Waals surface area contributed by atoms with Gasteiger partial charge in [-0.15, -0.1) is 0 Å². The number of benzene rings is 1. The summed E-state index contributed by atoms with van der Waals surface area (Å²) in [7, 11) is 0. The van der Waals surface area contributed by atoms with Gasteiger partial charge in [-0.05, 0) is 30.7 Å². The molecule has 0 bridgehead atoms. The SMILES string of the molecule is CCC1CN(C(CN)c2cccc(Br)c2)CCN1CC. The van der Waals surface area contributed by atoms with Gasteiger partial charge in [0.05, 0.1) is 0 Å². The minimum atomic E-state index is 0.334. The normalized spacial score (nSPS) is 22.9. The fourth-order valence-corrected chi connectivity index (χ4v) is 3.63. The third kappa shape index (κ3) is 3.61. The van der Waals surface area contributed by atoms with Crippen LogP contribution in [0.5, 0.6) is 0 Å². The van der Waals surface area contributed by atoms with E-state index in [2.05, 4.69) is 63.8 Å². The predicted octanol–water partition coefficient (Wildman–Crippen LogP) is 2.87. The Labute approximate surface area is 131 Å². The summed E-state index contributed by atoms with van der Waals surface area (Å²) in [5.74, 6) is 0. The van der Waals surface area contributed by atoms with Gasteiger partial charge in [0.2, 0.25) is 0 Å². The third-order valence-corrected chi connectivity index (χ3v) is 4.90. The number of hydrogen-bond donors (Lipinski definition) is 1. The maximum Gasteiger partial charge on any atom is 0.0472 e. The Kier molecular flexibility index (Phi) is 6.02. The van der Waals surface area contributed by atoms with Crippen molar-refractivity contribution in [1.82, 2.24) is 9.80 Å². The molecule has 0 amide bonds. The van der Waals surface area contributed by atoms with Crippen LogP contribution in [0.15, 0.2) is 28.7 Å². The Bertz CT molecular complexity index is 424. The van der Waals surface area contributed by atoms with Gasteiger partial charge in [0.15, 0.2) is 0 Å². The van der Waals surface area contributed by atoms with Gasteiger partial charge in [-0.2, -0.15) is 0 Å². The topological polar surface area (TPSA) is 32.5 Å². The molecule has 4 heteroatoms. The molecule has 2 N–H and O–H groups in total. The summed E-state index contributed by atoms with van der Waals surface area (Å²) < 4.78 is 1.13. The highest BCUT2D eigenvalue weighted by Crippen LogP contribution is 2.26. The lowest BCUT2D eigenvalue weighted by atomic mass is 10.0. The maximum absolute atomic E-state index is 6.07. The van der Waals surface area contributed by atoms with Gasteiger partial charge in [0.1, 0.15) is 0 Å². The Balaban J connectivity index is 2.12. The average molecular weight is 340 g/mol. The molecule has 1 aliphatic rings. The molecule has 0 radical (unpaired) electrons. The van der Waals surface area contributed by atoms with Gasteiger partial charge in [-0.1, -0.05) is 41.9 Å². The number of nitrogens with zero attached hydrogens (tertiary/aromatic N) is 2. The highest BCUT2D eigenvalue weighted by Gasteiger charge is 2.29. The molecular weight excluding hydrogens is 314 g/mol. The van der Waals surface area contributed by atoms with Crippen molar-refractivity contribution in [2.24, 2.45) is 5.73 Å². The quantitative estimate of drug-likeness (QED) is 0.895. The zero-order valence-corrected chi connectivity index (χ0v) is 14.1. The van der Waals surface area contributed by atoms with E-state index in [4.69, 9.17) is 5.73 Å². The molecule has 112 valence electrons. The monoisotopic (exact) mass is 339 g/mol. The molecule has 0 saturated carbocycles. The lowest BCUT2D eigenvalue weighted by molar-refractivity contribution is 0.0509. The number of hydrogen-bond acceptors (Lipinski definition) is 3. The van der Waals surface area contributed by atoms with Crippen molar-refractivity contribution in [3.63, 3.8) is 0 Å². The van der Waals surface area contributed by atoms with Crippen molar-refractivity contribution in [1.29, 1.82) is 0 Å². The molecule has 0 aliphatic carbocycles. The smallest absolute Gasteiger partial charge is 0.0472 e. The molecule has 3 nitrogen and oxygen atoms in total. The van der Waals surface area contributed by atoms with Gasteiger partial charge in [-0.25, -0.2) is 0 Å². The first-order valence-corrected chi connectivity index (χ1v) is 8.42. The van der Waals surface area contributed by atoms with Gasteiger partial charge in [0.25, 0.3) is 0 Å². The van der Waals surface area contributed by atoms with Crippen LogP contribution in [-0.4, -0.2) is 48.6 Å². The van der Waals surface area contributed by atoms with Crippen LogP contribution in [-0.2, 0) is 0 Å². The summed E-state index contributed by atoms with van der Waals surface area (Å²) in [6.45, 7) is 9.76. The van der Waals surface area contributed by atoms with E-state index >= 15 is 0 Å². The summed E-state index contributed by atoms with van der Waals surface area (Å²) in [4.78, 5) is 5.15. The van der Waals surface area contributed by atoms with Crippen LogP contribution >= 0.6 is 15.9 Å². The lowest BCUT2D eigenvalue weighted by Crippen LogP contribution is -2.54. The highest BCUT2D eigenvalue weighted by molar-refractivity contribution is 9.10. The molecule has 0 aromatic heterocycles. The Morgan fingerprint density at radius 2 is 2.15 bits per heavy atom. The largest absolute Gasteiger partial charge is 0.329 e. The highest BCUT2D eigenvalue weighted by atomic mass is 79.9. The lowest BCUT2D eigenvalue weighted by Gasteiger charge is -2.44. The molecule has 2 atom stereocenters. The first-order valence-electron chi connectivity index (χ1n) is 7.63. The number of halogens is 1. The molecule has 1 aromatic rings. The van der Waals surface area contributed by atoms with Crippen LogP contribution in [0, 0.1) is 0 Å². The number of rotatable bonds is 5.